The van der Waals surface area contributed by atoms with Crippen molar-refractivity contribution in [3.63, 3.8) is 0 Å². The van der Waals surface area contributed by atoms with Crippen molar-refractivity contribution < 1.29 is 32.7 Å². The first-order chi connectivity index (χ1) is 20.9. The van der Waals surface area contributed by atoms with Gasteiger partial charge in [0.2, 0.25) is 5.91 Å². The van der Waals surface area contributed by atoms with E-state index in [1.165, 1.54) is 18.2 Å². The summed E-state index contributed by atoms with van der Waals surface area (Å²) in [6, 6.07) is 16.6. The minimum atomic E-state index is -0.637. The van der Waals surface area contributed by atoms with Gasteiger partial charge in [-0.3, -0.25) is 9.59 Å². The van der Waals surface area contributed by atoms with Crippen molar-refractivity contribution in [2.45, 2.75) is 31.7 Å². The predicted octanol–water partition coefficient (Wildman–Crippen LogP) is 5.89. The van der Waals surface area contributed by atoms with Gasteiger partial charge in [0, 0.05) is 32.0 Å². The van der Waals surface area contributed by atoms with E-state index < -0.39 is 17.8 Å². The van der Waals surface area contributed by atoms with E-state index in [1.807, 2.05) is 41.3 Å². The summed E-state index contributed by atoms with van der Waals surface area (Å²) in [5.41, 5.74) is 2.71. The van der Waals surface area contributed by atoms with Gasteiger partial charge in [-0.05, 0) is 72.0 Å². The minimum absolute atomic E-state index is 0.0430. The van der Waals surface area contributed by atoms with Gasteiger partial charge in [-0.15, -0.1) is 0 Å². The van der Waals surface area contributed by atoms with Gasteiger partial charge < -0.3 is 29.0 Å². The third kappa shape index (κ3) is 6.15. The normalized spacial score (nSPS) is 16.4. The molecule has 3 aromatic carbocycles. The number of aromatic nitrogens is 1. The highest BCUT2D eigenvalue weighted by molar-refractivity contribution is 6.29. The first-order valence-corrected chi connectivity index (χ1v) is 14.4. The number of benzene rings is 3. The lowest BCUT2D eigenvalue weighted by molar-refractivity contribution is -0.133. The number of amides is 2. The van der Waals surface area contributed by atoms with E-state index in [9.17, 15) is 14.0 Å². The number of halogens is 2. The standard InChI is InChI=1S/C32H29ClFN3O6/c1-40-27-9-3-20-16-28(27)41-14-2-12-35-32(39)25-17-22(5-8-26(25)34)42-21-4-7-24-19(15-21)11-13-37(31(20)24)30(38)10-6-23-18-29(33)36-43-23/h3-5,7-9,15-18,31H,2,6,10-14H2,1H3,(H,35,39). The Bertz CT molecular complexity index is 1670. The number of rotatable bonds is 4. The van der Waals surface area contributed by atoms with Crippen LogP contribution in [0.1, 0.15) is 51.7 Å². The van der Waals surface area contributed by atoms with Crippen LogP contribution in [0.3, 0.4) is 0 Å². The van der Waals surface area contributed by atoms with Crippen LogP contribution in [-0.4, -0.2) is 48.7 Å². The zero-order chi connectivity index (χ0) is 29.9. The van der Waals surface area contributed by atoms with Crippen molar-refractivity contribution >= 4 is 23.4 Å². The topological polar surface area (TPSA) is 103 Å². The fraction of sp³-hybridized carbons (Fsp3) is 0.281. The molecule has 1 atom stereocenters. The molecule has 222 valence electrons. The van der Waals surface area contributed by atoms with E-state index in [0.29, 0.717) is 54.6 Å². The molecule has 0 aliphatic carbocycles. The van der Waals surface area contributed by atoms with Gasteiger partial charge in [-0.25, -0.2) is 4.39 Å². The van der Waals surface area contributed by atoms with Gasteiger partial charge in [0.1, 0.15) is 23.1 Å². The van der Waals surface area contributed by atoms with Gasteiger partial charge in [0.25, 0.3) is 5.91 Å². The number of carbonyl (C=O) groups is 2. The van der Waals surface area contributed by atoms with Crippen molar-refractivity contribution in [2.24, 2.45) is 0 Å². The number of nitrogens with zero attached hydrogens (tertiary/aromatic N) is 2. The monoisotopic (exact) mass is 605 g/mol. The van der Waals surface area contributed by atoms with E-state index in [4.69, 9.17) is 30.3 Å². The van der Waals surface area contributed by atoms with Crippen molar-refractivity contribution in [2.75, 3.05) is 26.8 Å². The van der Waals surface area contributed by atoms with Crippen LogP contribution in [-0.2, 0) is 17.6 Å². The van der Waals surface area contributed by atoms with E-state index >= 15 is 0 Å². The first-order valence-electron chi connectivity index (χ1n) is 14.0. The number of carbonyl (C=O) groups excluding carboxylic acids is 2. The molecule has 43 heavy (non-hydrogen) atoms. The van der Waals surface area contributed by atoms with Gasteiger partial charge in [0.05, 0.1) is 25.3 Å². The number of methoxy groups -OCH3 is 1. The molecule has 2 amide bonds. The maximum Gasteiger partial charge on any atom is 0.254 e. The highest BCUT2D eigenvalue weighted by atomic mass is 35.5. The third-order valence-electron chi connectivity index (χ3n) is 7.56. The Balaban J connectivity index is 1.39. The molecule has 1 aromatic heterocycles. The number of fused-ring (bicyclic) bond motifs is 6. The fourth-order valence-corrected chi connectivity index (χ4v) is 5.64. The Morgan fingerprint density at radius 2 is 1.98 bits per heavy atom. The summed E-state index contributed by atoms with van der Waals surface area (Å²) in [5, 5.41) is 6.69. The largest absolute Gasteiger partial charge is 0.493 e. The lowest BCUT2D eigenvalue weighted by Crippen LogP contribution is -2.40. The number of hydrogen-bond donors (Lipinski definition) is 1. The van der Waals surface area contributed by atoms with Crippen molar-refractivity contribution in [3.05, 3.63) is 99.6 Å². The first kappa shape index (κ1) is 28.5. The summed E-state index contributed by atoms with van der Waals surface area (Å²) < 4.78 is 37.4. The molecule has 1 N–H and O–H groups in total. The predicted molar refractivity (Wildman–Crippen MR) is 155 cm³/mol. The Morgan fingerprint density at radius 1 is 1.14 bits per heavy atom. The number of ether oxygens (including phenoxy) is 3. The van der Waals surface area contributed by atoms with E-state index in [0.717, 1.165) is 16.7 Å². The highest BCUT2D eigenvalue weighted by Crippen LogP contribution is 2.41. The molecular formula is C32H29ClFN3O6. The summed E-state index contributed by atoms with van der Waals surface area (Å²) in [6.07, 6.45) is 1.66. The second-order valence-corrected chi connectivity index (χ2v) is 10.7. The molecule has 0 radical (unpaired) electrons. The van der Waals surface area contributed by atoms with Crippen LogP contribution < -0.4 is 19.5 Å². The van der Waals surface area contributed by atoms with E-state index in [1.54, 1.807) is 13.2 Å². The van der Waals surface area contributed by atoms with Crippen LogP contribution >= 0.6 is 11.6 Å². The van der Waals surface area contributed by atoms with Crippen molar-refractivity contribution in [3.8, 4) is 23.0 Å². The smallest absolute Gasteiger partial charge is 0.254 e. The van der Waals surface area contributed by atoms with E-state index in [-0.39, 0.29) is 36.2 Å². The molecule has 1 unspecified atom stereocenters. The number of nitrogens with one attached hydrogen (secondary N) is 1. The van der Waals surface area contributed by atoms with Crippen molar-refractivity contribution in [1.29, 1.82) is 0 Å². The van der Waals surface area contributed by atoms with Gasteiger partial charge >= 0.3 is 0 Å². The molecule has 4 heterocycles. The maximum absolute atomic E-state index is 14.5. The van der Waals surface area contributed by atoms with Crippen molar-refractivity contribution in [1.82, 2.24) is 15.4 Å². The zero-order valence-corrected chi connectivity index (χ0v) is 24.2. The Kier molecular flexibility index (Phi) is 8.20. The highest BCUT2D eigenvalue weighted by Gasteiger charge is 2.33. The van der Waals surface area contributed by atoms with Crippen LogP contribution in [0.4, 0.5) is 4.39 Å². The molecule has 11 heteroatoms. The molecule has 0 saturated carbocycles. The van der Waals surface area contributed by atoms with Crippen LogP contribution in [0.15, 0.2) is 65.2 Å². The summed E-state index contributed by atoms with van der Waals surface area (Å²) >= 11 is 5.89. The quantitative estimate of drug-likeness (QED) is 0.309. The zero-order valence-electron chi connectivity index (χ0n) is 23.4. The Morgan fingerprint density at radius 3 is 2.79 bits per heavy atom. The van der Waals surface area contributed by atoms with E-state index in [2.05, 4.69) is 10.5 Å². The lowest BCUT2D eigenvalue weighted by Gasteiger charge is -2.38. The Labute approximate surface area is 252 Å². The molecule has 3 aliphatic heterocycles. The average Bonchev–Trinajstić information content (AvgIpc) is 3.44. The number of aryl methyl sites for hydroxylation is 1. The minimum Gasteiger partial charge on any atom is -0.493 e. The SMILES string of the molecule is COc1ccc2cc1OCCCNC(=O)c1cc(ccc1F)Oc1ccc3c(c1)CCN(C(=O)CCc1cc(Cl)no1)C23. The summed E-state index contributed by atoms with van der Waals surface area (Å²) in [7, 11) is 1.56. The van der Waals surface area contributed by atoms with Crippen LogP contribution in [0.5, 0.6) is 23.0 Å². The molecule has 7 rings (SSSR count). The third-order valence-corrected chi connectivity index (χ3v) is 7.74. The average molecular weight is 606 g/mol. The van der Waals surface area contributed by atoms with Gasteiger partial charge in [-0.2, -0.15) is 0 Å². The molecule has 0 spiro atoms. The van der Waals surface area contributed by atoms with Gasteiger partial charge in [0.15, 0.2) is 16.7 Å². The summed E-state index contributed by atoms with van der Waals surface area (Å²) in [6.45, 7) is 1.02. The van der Waals surface area contributed by atoms with Gasteiger partial charge in [-0.1, -0.05) is 28.9 Å². The lowest BCUT2D eigenvalue weighted by atomic mass is 9.87. The molecular weight excluding hydrogens is 577 g/mol. The molecule has 3 aliphatic rings. The fourth-order valence-electron chi connectivity index (χ4n) is 5.48. The van der Waals surface area contributed by atoms with Crippen LogP contribution in [0.25, 0.3) is 0 Å². The van der Waals surface area contributed by atoms with Crippen LogP contribution in [0, 0.1) is 5.82 Å². The maximum atomic E-state index is 14.5. The second-order valence-electron chi connectivity index (χ2n) is 10.3. The molecule has 9 nitrogen and oxygen atoms in total. The van der Waals surface area contributed by atoms with Crippen LogP contribution in [0.2, 0.25) is 5.15 Å². The number of hydrogen-bond acceptors (Lipinski definition) is 7. The molecule has 0 saturated heterocycles. The summed E-state index contributed by atoms with van der Waals surface area (Å²) in [5.74, 6) is 1.27. The molecule has 0 fully saturated rings. The summed E-state index contributed by atoms with van der Waals surface area (Å²) in [4.78, 5) is 28.2. The Hall–Kier alpha value is -4.57. The second kappa shape index (κ2) is 12.3. The molecule has 4 aromatic rings. The molecule has 8 bridgehead atoms.